The maximum absolute atomic E-state index is 8.90. The zero-order chi connectivity index (χ0) is 20.1. The van der Waals surface area contributed by atoms with Crippen molar-refractivity contribution >= 4 is 62.6 Å². The van der Waals surface area contributed by atoms with E-state index >= 15 is 0 Å². The minimum Gasteiger partial charge on any atom is -0.315 e. The molecule has 5 rings (SSSR count). The van der Waals surface area contributed by atoms with Crippen LogP contribution in [0.25, 0.3) is 33.7 Å². The highest BCUT2D eigenvalue weighted by Crippen LogP contribution is 2.38. The van der Waals surface area contributed by atoms with Crippen LogP contribution < -0.4 is 9.80 Å². The monoisotopic (exact) mass is 397 g/mol. The number of hydrogen-bond acceptors (Lipinski definition) is 1. The molecule has 0 aromatic heterocycles. The number of benzene rings is 4. The SMILES string of the molecule is CN(C(=N)N(C)c1ccc(Cl)c2ccccc12)c1ccc2cccc3c2c1C=C3. The van der Waals surface area contributed by atoms with E-state index in [4.69, 9.17) is 17.0 Å². The van der Waals surface area contributed by atoms with Gasteiger partial charge < -0.3 is 9.80 Å². The number of anilines is 2. The summed E-state index contributed by atoms with van der Waals surface area (Å²) in [6.45, 7) is 0. The summed E-state index contributed by atoms with van der Waals surface area (Å²) in [5, 5.41) is 14.1. The van der Waals surface area contributed by atoms with Gasteiger partial charge in [0, 0.05) is 35.5 Å². The molecule has 0 amide bonds. The van der Waals surface area contributed by atoms with Crippen molar-refractivity contribution in [3.05, 3.63) is 82.9 Å². The summed E-state index contributed by atoms with van der Waals surface area (Å²) in [4.78, 5) is 3.84. The van der Waals surface area contributed by atoms with Crippen molar-refractivity contribution in [2.45, 2.75) is 0 Å². The molecule has 4 heteroatoms. The lowest BCUT2D eigenvalue weighted by molar-refractivity contribution is 1.12. The van der Waals surface area contributed by atoms with Crippen LogP contribution in [-0.4, -0.2) is 20.1 Å². The normalized spacial score (nSPS) is 12.0. The lowest BCUT2D eigenvalue weighted by Crippen LogP contribution is -2.40. The van der Waals surface area contributed by atoms with E-state index in [-0.39, 0.29) is 0 Å². The van der Waals surface area contributed by atoms with Crippen LogP contribution in [0.4, 0.5) is 11.4 Å². The first-order valence-corrected chi connectivity index (χ1v) is 9.91. The van der Waals surface area contributed by atoms with E-state index in [9.17, 15) is 0 Å². The molecule has 0 atom stereocenters. The lowest BCUT2D eigenvalue weighted by Gasteiger charge is -2.30. The van der Waals surface area contributed by atoms with E-state index < -0.39 is 0 Å². The fourth-order valence-corrected chi connectivity index (χ4v) is 4.42. The predicted molar refractivity (Wildman–Crippen MR) is 126 cm³/mol. The van der Waals surface area contributed by atoms with Gasteiger partial charge in [-0.2, -0.15) is 0 Å². The molecule has 0 heterocycles. The first-order valence-electron chi connectivity index (χ1n) is 9.53. The molecule has 0 bridgehead atoms. The standard InChI is InChI=1S/C25H20ClN3/c1-28(22-15-13-21(26)18-8-3-4-9-19(18)22)25(27)29(2)23-14-11-17-7-5-6-16-10-12-20(23)24(16)17/h3-15,27H,1-2H3. The van der Waals surface area contributed by atoms with Gasteiger partial charge in [-0.05, 0) is 34.5 Å². The molecule has 1 aliphatic rings. The van der Waals surface area contributed by atoms with Gasteiger partial charge in [0.1, 0.15) is 0 Å². The average Bonchev–Trinajstić information content (AvgIpc) is 3.19. The van der Waals surface area contributed by atoms with Gasteiger partial charge in [0.15, 0.2) is 0 Å². The van der Waals surface area contributed by atoms with E-state index in [1.54, 1.807) is 0 Å². The highest BCUT2D eigenvalue weighted by molar-refractivity contribution is 6.36. The van der Waals surface area contributed by atoms with Crippen LogP contribution in [-0.2, 0) is 0 Å². The van der Waals surface area contributed by atoms with Crippen LogP contribution in [0.2, 0.25) is 5.02 Å². The largest absolute Gasteiger partial charge is 0.315 e. The first kappa shape index (κ1) is 17.8. The molecule has 0 fully saturated rings. The Morgan fingerprint density at radius 1 is 0.759 bits per heavy atom. The van der Waals surface area contributed by atoms with Crippen molar-refractivity contribution in [2.24, 2.45) is 0 Å². The van der Waals surface area contributed by atoms with E-state index in [1.165, 1.54) is 21.9 Å². The van der Waals surface area contributed by atoms with Crippen molar-refractivity contribution in [2.75, 3.05) is 23.9 Å². The summed E-state index contributed by atoms with van der Waals surface area (Å²) in [7, 11) is 3.87. The zero-order valence-electron chi connectivity index (χ0n) is 16.3. The molecule has 4 aromatic carbocycles. The molecule has 0 radical (unpaired) electrons. The van der Waals surface area contributed by atoms with Crippen LogP contribution in [0, 0.1) is 5.41 Å². The van der Waals surface area contributed by atoms with Crippen molar-refractivity contribution in [1.29, 1.82) is 5.41 Å². The molecule has 1 aliphatic carbocycles. The molecule has 0 unspecified atom stereocenters. The molecule has 0 spiro atoms. The Labute approximate surface area is 174 Å². The topological polar surface area (TPSA) is 30.3 Å². The van der Waals surface area contributed by atoms with E-state index in [0.717, 1.165) is 27.2 Å². The summed E-state index contributed by atoms with van der Waals surface area (Å²) in [5.41, 5.74) is 4.38. The molecule has 3 nitrogen and oxygen atoms in total. The van der Waals surface area contributed by atoms with Gasteiger partial charge in [-0.25, -0.2) is 0 Å². The number of rotatable bonds is 2. The molecule has 142 valence electrons. The van der Waals surface area contributed by atoms with Crippen LogP contribution in [0.5, 0.6) is 0 Å². The summed E-state index contributed by atoms with van der Waals surface area (Å²) in [5.74, 6) is 0.394. The third kappa shape index (κ3) is 2.70. The van der Waals surface area contributed by atoms with Gasteiger partial charge in [0.05, 0.1) is 11.4 Å². The summed E-state index contributed by atoms with van der Waals surface area (Å²) >= 11 is 6.38. The van der Waals surface area contributed by atoms with Crippen molar-refractivity contribution in [1.82, 2.24) is 0 Å². The molecule has 0 aliphatic heterocycles. The van der Waals surface area contributed by atoms with E-state index in [0.29, 0.717) is 5.96 Å². The Balaban J connectivity index is 1.57. The lowest BCUT2D eigenvalue weighted by atomic mass is 10.0. The van der Waals surface area contributed by atoms with Gasteiger partial charge in [-0.3, -0.25) is 5.41 Å². The van der Waals surface area contributed by atoms with Gasteiger partial charge in [0.25, 0.3) is 0 Å². The van der Waals surface area contributed by atoms with Crippen LogP contribution in [0.1, 0.15) is 11.1 Å². The quantitative estimate of drug-likeness (QED) is 0.267. The number of guanidine groups is 1. The van der Waals surface area contributed by atoms with Crippen molar-refractivity contribution in [3.63, 3.8) is 0 Å². The molecule has 0 saturated carbocycles. The van der Waals surface area contributed by atoms with E-state index in [1.807, 2.05) is 60.3 Å². The molecule has 29 heavy (non-hydrogen) atoms. The Morgan fingerprint density at radius 3 is 2.31 bits per heavy atom. The van der Waals surface area contributed by atoms with Crippen LogP contribution >= 0.6 is 11.6 Å². The van der Waals surface area contributed by atoms with Gasteiger partial charge in [0.2, 0.25) is 5.96 Å². The second-order valence-corrected chi connectivity index (χ2v) is 7.74. The Bertz CT molecular complexity index is 1320. The maximum Gasteiger partial charge on any atom is 0.202 e. The van der Waals surface area contributed by atoms with Crippen LogP contribution in [0.15, 0.2) is 66.7 Å². The Morgan fingerprint density at radius 2 is 1.48 bits per heavy atom. The minimum absolute atomic E-state index is 0.394. The minimum atomic E-state index is 0.394. The summed E-state index contributed by atoms with van der Waals surface area (Å²) in [6.07, 6.45) is 4.30. The van der Waals surface area contributed by atoms with Gasteiger partial charge in [-0.1, -0.05) is 72.3 Å². The van der Waals surface area contributed by atoms with Crippen molar-refractivity contribution < 1.29 is 0 Å². The average molecular weight is 398 g/mol. The summed E-state index contributed by atoms with van der Waals surface area (Å²) in [6, 6.07) is 22.5. The number of halogens is 1. The smallest absolute Gasteiger partial charge is 0.202 e. The molecular formula is C25H20ClN3. The first-order chi connectivity index (χ1) is 14.1. The Kier molecular flexibility index (Phi) is 4.07. The molecule has 4 aromatic rings. The Hall–Kier alpha value is -3.30. The molecule has 1 N–H and O–H groups in total. The fourth-order valence-electron chi connectivity index (χ4n) is 4.19. The number of hydrogen-bond donors (Lipinski definition) is 1. The molecular weight excluding hydrogens is 378 g/mol. The van der Waals surface area contributed by atoms with Gasteiger partial charge in [-0.15, -0.1) is 0 Å². The highest BCUT2D eigenvalue weighted by Gasteiger charge is 2.21. The fraction of sp³-hybridized carbons (Fsp3) is 0.0800. The van der Waals surface area contributed by atoms with Crippen LogP contribution in [0.3, 0.4) is 0 Å². The van der Waals surface area contributed by atoms with Crippen molar-refractivity contribution in [3.8, 4) is 0 Å². The maximum atomic E-state index is 8.90. The zero-order valence-corrected chi connectivity index (χ0v) is 17.0. The second kappa shape index (κ2) is 6.64. The number of nitrogens with zero attached hydrogens (tertiary/aromatic N) is 2. The number of nitrogens with one attached hydrogen (secondary N) is 1. The third-order valence-corrected chi connectivity index (χ3v) is 6.06. The molecule has 0 saturated heterocycles. The van der Waals surface area contributed by atoms with E-state index in [2.05, 4.69) is 42.5 Å². The summed E-state index contributed by atoms with van der Waals surface area (Å²) < 4.78 is 0. The predicted octanol–water partition coefficient (Wildman–Crippen LogP) is 6.64. The number of fused-ring (bicyclic) bond motifs is 1. The van der Waals surface area contributed by atoms with Gasteiger partial charge >= 0.3 is 0 Å². The highest BCUT2D eigenvalue weighted by atomic mass is 35.5. The second-order valence-electron chi connectivity index (χ2n) is 7.33. The third-order valence-electron chi connectivity index (χ3n) is 5.73.